The van der Waals surface area contributed by atoms with Gasteiger partial charge >= 0.3 is 0 Å². The Bertz CT molecular complexity index is 1160. The van der Waals surface area contributed by atoms with E-state index in [1.807, 2.05) is 24.8 Å². The number of hydrogen-bond acceptors (Lipinski definition) is 5. The molecule has 1 N–H and O–H groups in total. The highest BCUT2D eigenvalue weighted by Crippen LogP contribution is 2.43. The van der Waals surface area contributed by atoms with E-state index in [2.05, 4.69) is 20.1 Å². The molecule has 0 radical (unpaired) electrons. The molecule has 4 heterocycles. The number of nitrogens with zero attached hydrogens (tertiary/aromatic N) is 5. The number of piperidine rings is 1. The van der Waals surface area contributed by atoms with Crippen LogP contribution >= 0.6 is 0 Å². The summed E-state index contributed by atoms with van der Waals surface area (Å²) in [4.78, 5) is 39.4. The number of amides is 1. The van der Waals surface area contributed by atoms with Gasteiger partial charge in [-0.25, -0.2) is 14.5 Å². The lowest BCUT2D eigenvalue weighted by Gasteiger charge is -2.40. The van der Waals surface area contributed by atoms with E-state index in [1.54, 1.807) is 16.9 Å². The molecule has 1 aliphatic heterocycles. The summed E-state index contributed by atoms with van der Waals surface area (Å²) in [6.07, 6.45) is 6.76. The van der Waals surface area contributed by atoms with Gasteiger partial charge in [-0.05, 0) is 39.5 Å². The maximum Gasteiger partial charge on any atom is 0.257 e. The molecule has 8 heteroatoms. The largest absolute Gasteiger partial charge is 0.338 e. The predicted molar refractivity (Wildman–Crippen MR) is 102 cm³/mol. The molecule has 28 heavy (non-hydrogen) atoms. The second-order valence-electron chi connectivity index (χ2n) is 7.95. The molecular formula is C20H22N6O2. The maximum atomic E-state index is 13.3. The van der Waals surface area contributed by atoms with Crippen molar-refractivity contribution in [3.05, 3.63) is 57.2 Å². The molecule has 1 fully saturated rings. The molecule has 3 aromatic rings. The van der Waals surface area contributed by atoms with E-state index in [0.717, 1.165) is 48.3 Å². The molecule has 1 saturated heterocycles. The van der Waals surface area contributed by atoms with Gasteiger partial charge in [-0.3, -0.25) is 9.59 Å². The van der Waals surface area contributed by atoms with Gasteiger partial charge in [0.15, 0.2) is 5.65 Å². The minimum absolute atomic E-state index is 0.0310. The number of carbonyl (C=O) groups is 1. The smallest absolute Gasteiger partial charge is 0.257 e. The van der Waals surface area contributed by atoms with Gasteiger partial charge < -0.3 is 9.88 Å². The maximum absolute atomic E-state index is 13.3. The van der Waals surface area contributed by atoms with E-state index < -0.39 is 0 Å². The highest BCUT2D eigenvalue weighted by Gasteiger charge is 2.45. The Labute approximate surface area is 161 Å². The van der Waals surface area contributed by atoms with Gasteiger partial charge in [0.1, 0.15) is 5.82 Å². The minimum atomic E-state index is -0.223. The van der Waals surface area contributed by atoms with E-state index in [9.17, 15) is 9.59 Å². The van der Waals surface area contributed by atoms with Crippen LogP contribution in [0, 0.1) is 13.8 Å². The minimum Gasteiger partial charge on any atom is -0.338 e. The van der Waals surface area contributed by atoms with E-state index >= 15 is 0 Å². The van der Waals surface area contributed by atoms with Gasteiger partial charge in [0.25, 0.3) is 11.5 Å². The van der Waals surface area contributed by atoms with Crippen LogP contribution in [-0.4, -0.2) is 48.5 Å². The van der Waals surface area contributed by atoms with Crippen molar-refractivity contribution in [3.8, 4) is 0 Å². The number of carbonyl (C=O) groups excluding carboxylic acids is 1. The van der Waals surface area contributed by atoms with Crippen LogP contribution in [0.5, 0.6) is 0 Å². The molecule has 1 aliphatic carbocycles. The van der Waals surface area contributed by atoms with Gasteiger partial charge in [0.2, 0.25) is 0 Å². The Kier molecular flexibility index (Phi) is 3.65. The fourth-order valence-corrected chi connectivity index (χ4v) is 4.84. The number of aromatic amines is 1. The Morgan fingerprint density at radius 1 is 1.29 bits per heavy atom. The summed E-state index contributed by atoms with van der Waals surface area (Å²) in [6.45, 7) is 5.00. The van der Waals surface area contributed by atoms with Gasteiger partial charge in [-0.15, -0.1) is 0 Å². The number of H-pyrrole nitrogens is 1. The van der Waals surface area contributed by atoms with E-state index in [1.165, 1.54) is 0 Å². The number of aromatic nitrogens is 5. The first-order valence-corrected chi connectivity index (χ1v) is 9.67. The Morgan fingerprint density at radius 3 is 3.00 bits per heavy atom. The van der Waals surface area contributed by atoms with Crippen molar-refractivity contribution in [3.63, 3.8) is 0 Å². The summed E-state index contributed by atoms with van der Waals surface area (Å²) >= 11 is 0. The number of nitrogens with one attached hydrogen (secondary N) is 1. The number of fused-ring (bicyclic) bond motifs is 3. The number of likely N-dealkylation sites (tertiary alicyclic amines) is 1. The van der Waals surface area contributed by atoms with Crippen LogP contribution in [0.4, 0.5) is 0 Å². The topological polar surface area (TPSA) is 96.2 Å². The van der Waals surface area contributed by atoms with Crippen molar-refractivity contribution in [2.45, 2.75) is 44.9 Å². The normalized spacial score (nSPS) is 21.4. The third kappa shape index (κ3) is 2.40. The second-order valence-corrected chi connectivity index (χ2v) is 7.95. The highest BCUT2D eigenvalue weighted by molar-refractivity contribution is 5.95. The first-order chi connectivity index (χ1) is 13.5. The number of rotatable bonds is 1. The van der Waals surface area contributed by atoms with Crippen LogP contribution in [0.25, 0.3) is 5.65 Å². The molecule has 0 saturated carbocycles. The van der Waals surface area contributed by atoms with Crippen molar-refractivity contribution >= 4 is 11.6 Å². The average Bonchev–Trinajstić information content (AvgIpc) is 3.28. The summed E-state index contributed by atoms with van der Waals surface area (Å²) in [7, 11) is 0. The molecular weight excluding hydrogens is 356 g/mol. The fraction of sp³-hybridized carbons (Fsp3) is 0.450. The van der Waals surface area contributed by atoms with E-state index in [4.69, 9.17) is 0 Å². The van der Waals surface area contributed by atoms with Crippen LogP contribution in [0.3, 0.4) is 0 Å². The van der Waals surface area contributed by atoms with Gasteiger partial charge in [0, 0.05) is 36.3 Å². The van der Waals surface area contributed by atoms with Gasteiger partial charge in [0.05, 0.1) is 23.1 Å². The molecule has 144 valence electrons. The molecule has 0 bridgehead atoms. The van der Waals surface area contributed by atoms with Crippen molar-refractivity contribution in [1.29, 1.82) is 0 Å². The van der Waals surface area contributed by atoms with Crippen molar-refractivity contribution in [2.75, 3.05) is 13.1 Å². The predicted octanol–water partition coefficient (Wildman–Crippen LogP) is 1.55. The highest BCUT2D eigenvalue weighted by atomic mass is 16.2. The van der Waals surface area contributed by atoms with Crippen molar-refractivity contribution < 1.29 is 4.79 Å². The monoisotopic (exact) mass is 378 g/mol. The number of aryl methyl sites for hydroxylation is 2. The SMILES string of the molecule is Cc1nc2c(c(=O)[nH]1)CCC21CCCN(C(=O)c2cnc3ccnn3c2C)C1. The van der Waals surface area contributed by atoms with Crippen LogP contribution in [0.2, 0.25) is 0 Å². The number of hydrogen-bond donors (Lipinski definition) is 1. The van der Waals surface area contributed by atoms with E-state index in [-0.39, 0.29) is 16.9 Å². The molecule has 2 aliphatic rings. The fourth-order valence-electron chi connectivity index (χ4n) is 4.84. The lowest BCUT2D eigenvalue weighted by Crippen LogP contribution is -2.48. The quantitative estimate of drug-likeness (QED) is 0.693. The van der Waals surface area contributed by atoms with Gasteiger partial charge in [-0.2, -0.15) is 5.10 Å². The third-order valence-corrected chi connectivity index (χ3v) is 6.24. The Morgan fingerprint density at radius 2 is 2.14 bits per heavy atom. The molecule has 8 nitrogen and oxygen atoms in total. The summed E-state index contributed by atoms with van der Waals surface area (Å²) in [5.74, 6) is 0.606. The summed E-state index contributed by atoms with van der Waals surface area (Å²) < 4.78 is 1.70. The van der Waals surface area contributed by atoms with Crippen LogP contribution in [-0.2, 0) is 11.8 Å². The first-order valence-electron chi connectivity index (χ1n) is 9.67. The summed E-state index contributed by atoms with van der Waals surface area (Å²) in [6, 6.07) is 1.82. The van der Waals surface area contributed by atoms with Crippen molar-refractivity contribution in [2.24, 2.45) is 0 Å². The zero-order valence-corrected chi connectivity index (χ0v) is 16.0. The molecule has 1 atom stereocenters. The van der Waals surface area contributed by atoms with Crippen LogP contribution in [0.1, 0.15) is 52.4 Å². The Balaban J connectivity index is 1.51. The lowest BCUT2D eigenvalue weighted by molar-refractivity contribution is 0.0631. The molecule has 1 spiro atoms. The molecule has 3 aromatic heterocycles. The lowest BCUT2D eigenvalue weighted by atomic mass is 9.77. The van der Waals surface area contributed by atoms with Crippen molar-refractivity contribution in [1.82, 2.24) is 29.5 Å². The first kappa shape index (κ1) is 17.1. The second kappa shape index (κ2) is 5.98. The van der Waals surface area contributed by atoms with Gasteiger partial charge in [-0.1, -0.05) is 0 Å². The summed E-state index contributed by atoms with van der Waals surface area (Å²) in [5.41, 5.74) is 3.51. The molecule has 5 rings (SSSR count). The molecule has 1 amide bonds. The molecule has 0 aromatic carbocycles. The zero-order valence-electron chi connectivity index (χ0n) is 16.0. The molecule has 1 unspecified atom stereocenters. The van der Waals surface area contributed by atoms with Crippen LogP contribution < -0.4 is 5.56 Å². The average molecular weight is 378 g/mol. The zero-order chi connectivity index (χ0) is 19.5. The third-order valence-electron chi connectivity index (χ3n) is 6.24. The van der Waals surface area contributed by atoms with Crippen LogP contribution in [0.15, 0.2) is 23.3 Å². The summed E-state index contributed by atoms with van der Waals surface area (Å²) in [5, 5.41) is 4.26. The standard InChI is InChI=1S/C20H22N6O2/c1-12-15(10-21-16-5-8-22-26(12)16)19(28)25-9-3-6-20(11-25)7-4-14-17(20)23-13(2)24-18(14)27/h5,8,10H,3-4,6-7,9,11H2,1-2H3,(H,23,24,27). The Hall–Kier alpha value is -3.03. The van der Waals surface area contributed by atoms with E-state index in [0.29, 0.717) is 24.5 Å².